The van der Waals surface area contributed by atoms with E-state index in [0.717, 1.165) is 19.3 Å². The lowest BCUT2D eigenvalue weighted by Gasteiger charge is -2.29. The fourth-order valence-corrected chi connectivity index (χ4v) is 2.92. The van der Waals surface area contributed by atoms with Crippen LogP contribution in [0, 0.1) is 26.9 Å². The van der Waals surface area contributed by atoms with Gasteiger partial charge in [-0.2, -0.15) is 5.26 Å². The molecular formula is C14H14BrN3O3. The number of amides is 1. The number of hydrogen-bond donors (Lipinski definition) is 1. The smallest absolute Gasteiger partial charge is 0.285 e. The number of rotatable bonds is 3. The Hall–Kier alpha value is -1.94. The fraction of sp³-hybridized carbons (Fsp3) is 0.429. The Morgan fingerprint density at radius 3 is 2.62 bits per heavy atom. The van der Waals surface area contributed by atoms with Crippen molar-refractivity contribution in [2.24, 2.45) is 5.41 Å². The number of nitrogens with one attached hydrogen (secondary N) is 1. The molecule has 0 heterocycles. The van der Waals surface area contributed by atoms with Crippen molar-refractivity contribution < 1.29 is 9.72 Å². The van der Waals surface area contributed by atoms with Crippen LogP contribution in [0.4, 0.5) is 11.4 Å². The Morgan fingerprint density at radius 2 is 2.05 bits per heavy atom. The Bertz CT molecular complexity index is 618. The lowest BCUT2D eigenvalue weighted by atomic mass is 9.74. The van der Waals surface area contributed by atoms with E-state index in [9.17, 15) is 20.2 Å². The van der Waals surface area contributed by atoms with Crippen molar-refractivity contribution in [3.63, 3.8) is 0 Å². The number of nitriles is 1. The number of halogens is 1. The summed E-state index contributed by atoms with van der Waals surface area (Å²) in [6, 6.07) is 6.50. The predicted molar refractivity (Wildman–Crippen MR) is 80.6 cm³/mol. The number of carbonyl (C=O) groups excluding carboxylic acids is 1. The van der Waals surface area contributed by atoms with E-state index in [0.29, 0.717) is 23.0 Å². The van der Waals surface area contributed by atoms with Crippen LogP contribution in [0.5, 0.6) is 0 Å². The average Bonchev–Trinajstić information content (AvgIpc) is 2.49. The van der Waals surface area contributed by atoms with E-state index < -0.39 is 10.3 Å². The first kappa shape index (κ1) is 15.4. The number of nitro benzene ring substituents is 1. The third-order valence-electron chi connectivity index (χ3n) is 3.76. The van der Waals surface area contributed by atoms with Gasteiger partial charge in [0.2, 0.25) is 5.91 Å². The van der Waals surface area contributed by atoms with Crippen LogP contribution in [0.25, 0.3) is 0 Å². The van der Waals surface area contributed by atoms with Crippen LogP contribution in [-0.2, 0) is 4.79 Å². The molecule has 0 aliphatic heterocycles. The molecule has 1 aromatic carbocycles. The maximum Gasteiger partial charge on any atom is 0.285 e. The third-order valence-corrected chi connectivity index (χ3v) is 4.43. The molecule has 1 N–H and O–H groups in total. The Morgan fingerprint density at radius 1 is 1.38 bits per heavy atom. The highest BCUT2D eigenvalue weighted by Crippen LogP contribution is 2.37. The molecule has 21 heavy (non-hydrogen) atoms. The van der Waals surface area contributed by atoms with Gasteiger partial charge in [-0.3, -0.25) is 14.9 Å². The monoisotopic (exact) mass is 351 g/mol. The summed E-state index contributed by atoms with van der Waals surface area (Å²) in [6.07, 6.45) is 3.80. The van der Waals surface area contributed by atoms with Crippen LogP contribution >= 0.6 is 15.9 Å². The zero-order valence-electron chi connectivity index (χ0n) is 11.3. The van der Waals surface area contributed by atoms with Gasteiger partial charge in [0.15, 0.2) is 0 Å². The quantitative estimate of drug-likeness (QED) is 0.661. The van der Waals surface area contributed by atoms with Crippen molar-refractivity contribution >= 4 is 33.2 Å². The van der Waals surface area contributed by atoms with Crippen LogP contribution < -0.4 is 5.32 Å². The van der Waals surface area contributed by atoms with Crippen molar-refractivity contribution in [1.82, 2.24) is 0 Å². The molecule has 0 aromatic heterocycles. The summed E-state index contributed by atoms with van der Waals surface area (Å²) in [7, 11) is 0. The normalized spacial score (nSPS) is 16.8. The molecule has 1 aliphatic carbocycles. The second-order valence-electron chi connectivity index (χ2n) is 5.13. The van der Waals surface area contributed by atoms with Crippen molar-refractivity contribution in [3.8, 4) is 6.07 Å². The molecule has 1 aliphatic rings. The molecular weight excluding hydrogens is 338 g/mol. The number of anilines is 1. The maximum atomic E-state index is 12.4. The first-order valence-corrected chi connectivity index (χ1v) is 7.44. The van der Waals surface area contributed by atoms with E-state index in [-0.39, 0.29) is 11.6 Å². The van der Waals surface area contributed by atoms with Gasteiger partial charge in [-0.25, -0.2) is 0 Å². The number of nitro groups is 1. The molecule has 2 rings (SSSR count). The zero-order chi connectivity index (χ0) is 15.5. The molecule has 1 saturated carbocycles. The first-order chi connectivity index (χ1) is 9.98. The molecule has 0 saturated heterocycles. The van der Waals surface area contributed by atoms with Crippen LogP contribution in [0.1, 0.15) is 32.1 Å². The van der Waals surface area contributed by atoms with Crippen LogP contribution in [0.15, 0.2) is 22.7 Å². The summed E-state index contributed by atoms with van der Waals surface area (Å²) < 4.78 is 0.346. The van der Waals surface area contributed by atoms with Gasteiger partial charge in [-0.05, 0) is 40.9 Å². The molecule has 6 nitrogen and oxygen atoms in total. The molecule has 0 spiro atoms. The number of hydrogen-bond acceptors (Lipinski definition) is 4. The topological polar surface area (TPSA) is 96.0 Å². The highest BCUT2D eigenvalue weighted by atomic mass is 79.9. The molecule has 110 valence electrons. The minimum absolute atomic E-state index is 0.123. The van der Waals surface area contributed by atoms with E-state index in [1.54, 1.807) is 6.07 Å². The number of benzene rings is 1. The van der Waals surface area contributed by atoms with Gasteiger partial charge in [0.25, 0.3) is 5.69 Å². The van der Waals surface area contributed by atoms with Gasteiger partial charge in [-0.15, -0.1) is 0 Å². The Labute approximate surface area is 130 Å². The first-order valence-electron chi connectivity index (χ1n) is 6.65. The summed E-state index contributed by atoms with van der Waals surface area (Å²) in [6.45, 7) is 0. The lowest BCUT2D eigenvalue weighted by molar-refractivity contribution is -0.385. The molecule has 1 aromatic rings. The zero-order valence-corrected chi connectivity index (χ0v) is 12.9. The largest absolute Gasteiger partial charge is 0.324 e. The molecule has 0 atom stereocenters. The Balaban J connectivity index is 2.21. The van der Waals surface area contributed by atoms with Gasteiger partial charge in [-0.1, -0.05) is 19.3 Å². The summed E-state index contributed by atoms with van der Waals surface area (Å²) in [5.74, 6) is -0.374. The third kappa shape index (κ3) is 3.22. The second kappa shape index (κ2) is 6.22. The minimum atomic E-state index is -1.01. The van der Waals surface area contributed by atoms with E-state index >= 15 is 0 Å². The van der Waals surface area contributed by atoms with Crippen LogP contribution in [0.2, 0.25) is 0 Å². The Kier molecular flexibility index (Phi) is 4.58. The van der Waals surface area contributed by atoms with E-state index in [1.807, 2.05) is 0 Å². The van der Waals surface area contributed by atoms with E-state index in [4.69, 9.17) is 0 Å². The van der Waals surface area contributed by atoms with Crippen molar-refractivity contribution in [1.29, 1.82) is 5.26 Å². The number of carbonyl (C=O) groups is 1. The van der Waals surface area contributed by atoms with Crippen molar-refractivity contribution in [2.45, 2.75) is 32.1 Å². The van der Waals surface area contributed by atoms with Crippen LogP contribution in [0.3, 0.4) is 0 Å². The molecule has 1 amide bonds. The number of nitrogens with zero attached hydrogens (tertiary/aromatic N) is 2. The average molecular weight is 352 g/mol. The highest BCUT2D eigenvalue weighted by Gasteiger charge is 2.39. The molecule has 0 unspecified atom stereocenters. The van der Waals surface area contributed by atoms with E-state index in [1.165, 1.54) is 12.1 Å². The van der Waals surface area contributed by atoms with Gasteiger partial charge >= 0.3 is 0 Å². The molecule has 7 heteroatoms. The van der Waals surface area contributed by atoms with Gasteiger partial charge in [0.1, 0.15) is 5.41 Å². The standard InChI is InChI=1S/C14H14BrN3O3/c15-11-5-4-10(8-12(11)18(20)21)17-13(19)14(9-16)6-2-1-3-7-14/h4-5,8H,1-3,6-7H2,(H,17,19). The van der Waals surface area contributed by atoms with Crippen molar-refractivity contribution in [2.75, 3.05) is 5.32 Å². The summed E-state index contributed by atoms with van der Waals surface area (Å²) in [4.78, 5) is 22.7. The highest BCUT2D eigenvalue weighted by molar-refractivity contribution is 9.10. The summed E-state index contributed by atoms with van der Waals surface area (Å²) in [5, 5.41) is 22.9. The second-order valence-corrected chi connectivity index (χ2v) is 5.99. The van der Waals surface area contributed by atoms with Crippen molar-refractivity contribution in [3.05, 3.63) is 32.8 Å². The molecule has 1 fully saturated rings. The van der Waals surface area contributed by atoms with Gasteiger partial charge < -0.3 is 5.32 Å². The van der Waals surface area contributed by atoms with Gasteiger partial charge in [0.05, 0.1) is 15.5 Å². The van der Waals surface area contributed by atoms with Crippen LogP contribution in [-0.4, -0.2) is 10.8 Å². The molecule has 0 radical (unpaired) electrons. The minimum Gasteiger partial charge on any atom is -0.324 e. The SMILES string of the molecule is N#CC1(C(=O)Nc2ccc(Br)c([N+](=O)[O-])c2)CCCCC1. The predicted octanol–water partition coefficient (Wildman–Crippen LogP) is 3.77. The fourth-order valence-electron chi connectivity index (χ4n) is 2.53. The summed E-state index contributed by atoms with van der Waals surface area (Å²) >= 11 is 3.09. The lowest BCUT2D eigenvalue weighted by Crippen LogP contribution is -2.36. The molecule has 0 bridgehead atoms. The van der Waals surface area contributed by atoms with Gasteiger partial charge in [0, 0.05) is 11.8 Å². The summed E-state index contributed by atoms with van der Waals surface area (Å²) in [5.41, 5.74) is -0.808. The van der Waals surface area contributed by atoms with E-state index in [2.05, 4.69) is 27.3 Å². The maximum absolute atomic E-state index is 12.4.